The number of hydrogen-bond donors (Lipinski definition) is 3. The van der Waals surface area contributed by atoms with E-state index in [1.807, 2.05) is 24.3 Å². The van der Waals surface area contributed by atoms with E-state index in [4.69, 9.17) is 19.3 Å². The molecule has 2 aromatic carbocycles. The van der Waals surface area contributed by atoms with Gasteiger partial charge in [-0.15, -0.1) is 0 Å². The van der Waals surface area contributed by atoms with Gasteiger partial charge in [0.05, 0.1) is 19.0 Å². The Morgan fingerprint density at radius 1 is 1.07 bits per heavy atom. The molecule has 0 unspecified atom stereocenters. The van der Waals surface area contributed by atoms with Crippen LogP contribution in [0, 0.1) is 0 Å². The van der Waals surface area contributed by atoms with Crippen LogP contribution in [0.1, 0.15) is 24.5 Å². The average Bonchev–Trinajstić information content (AvgIpc) is 2.75. The van der Waals surface area contributed by atoms with Crippen molar-refractivity contribution in [1.82, 2.24) is 0 Å². The molecule has 1 amide bonds. The van der Waals surface area contributed by atoms with Crippen molar-refractivity contribution in [1.29, 1.82) is 0 Å². The van der Waals surface area contributed by atoms with Gasteiger partial charge in [-0.05, 0) is 42.7 Å². The van der Waals surface area contributed by atoms with Crippen molar-refractivity contribution in [2.75, 3.05) is 30.9 Å². The van der Waals surface area contributed by atoms with E-state index >= 15 is 0 Å². The zero-order valence-electron chi connectivity index (χ0n) is 16.0. The van der Waals surface area contributed by atoms with Crippen LogP contribution in [0.15, 0.2) is 54.6 Å². The van der Waals surface area contributed by atoms with E-state index in [0.717, 1.165) is 5.56 Å². The Hall–Kier alpha value is -2.71. The van der Waals surface area contributed by atoms with Gasteiger partial charge in [0.15, 0.2) is 0 Å². The molecule has 0 aliphatic rings. The second-order valence-corrected chi connectivity index (χ2v) is 6.37. The molecule has 29 heavy (non-hydrogen) atoms. The first-order valence-electron chi connectivity index (χ1n) is 9.25. The highest BCUT2D eigenvalue weighted by Crippen LogP contribution is 2.27. The average molecular weight is 419 g/mol. The highest BCUT2D eigenvalue weighted by molar-refractivity contribution is 7.81. The maximum Gasteiger partial charge on any atom is 0.412 e. The minimum Gasteiger partial charge on any atom is -0.491 e. The molecule has 2 N–H and O–H groups in total. The topological polar surface area (TPSA) is 94.1 Å². The van der Waals surface area contributed by atoms with Crippen LogP contribution in [0.5, 0.6) is 5.75 Å². The quantitative estimate of drug-likeness (QED) is 0.293. The van der Waals surface area contributed by atoms with Crippen LogP contribution in [0.4, 0.5) is 10.5 Å². The molecule has 8 heteroatoms. The third-order valence-electron chi connectivity index (χ3n) is 3.86. The zero-order chi connectivity index (χ0) is 20.9. The van der Waals surface area contributed by atoms with E-state index in [9.17, 15) is 9.59 Å². The van der Waals surface area contributed by atoms with Crippen molar-refractivity contribution in [2.24, 2.45) is 0 Å². The number of anilines is 1. The summed E-state index contributed by atoms with van der Waals surface area (Å²) < 4.78 is 16.1. The first-order valence-corrected chi connectivity index (χ1v) is 9.88. The van der Waals surface area contributed by atoms with Crippen molar-refractivity contribution in [3.8, 4) is 5.75 Å². The molecule has 0 aromatic heterocycles. The number of carbonyl (C=O) groups is 2. The number of esters is 1. The number of carbonyl (C=O) groups excluding carboxylic acids is 2. The Bertz CT molecular complexity index is 771. The highest BCUT2D eigenvalue weighted by atomic mass is 32.1. The van der Waals surface area contributed by atoms with E-state index in [1.54, 1.807) is 30.3 Å². The molecular weight excluding hydrogens is 394 g/mol. The summed E-state index contributed by atoms with van der Waals surface area (Å²) >= 11 is 3.86. The minimum absolute atomic E-state index is 0.0175. The van der Waals surface area contributed by atoms with Crippen LogP contribution in [-0.2, 0) is 14.3 Å². The Morgan fingerprint density at radius 2 is 1.86 bits per heavy atom. The SMILES string of the molecule is O=C(CS)OCCC[C@H](OC(=O)Nc1ccccc1)c1cccc(OCCO)c1. The van der Waals surface area contributed by atoms with Crippen molar-refractivity contribution in [2.45, 2.75) is 18.9 Å². The monoisotopic (exact) mass is 419 g/mol. The van der Waals surface area contributed by atoms with Crippen LogP contribution in [-0.4, -0.2) is 42.7 Å². The van der Waals surface area contributed by atoms with Gasteiger partial charge in [0, 0.05) is 5.69 Å². The summed E-state index contributed by atoms with van der Waals surface area (Å²) in [6.07, 6.45) is -0.197. The molecule has 7 nitrogen and oxygen atoms in total. The summed E-state index contributed by atoms with van der Waals surface area (Å²) in [5, 5.41) is 11.6. The lowest BCUT2D eigenvalue weighted by Gasteiger charge is -2.19. The Morgan fingerprint density at radius 3 is 2.59 bits per heavy atom. The first-order chi connectivity index (χ1) is 14.1. The molecule has 0 saturated carbocycles. The number of benzene rings is 2. The number of hydrogen-bond acceptors (Lipinski definition) is 7. The molecule has 0 saturated heterocycles. The molecule has 0 aliphatic heterocycles. The van der Waals surface area contributed by atoms with Crippen LogP contribution < -0.4 is 10.1 Å². The molecule has 0 fully saturated rings. The number of para-hydroxylation sites is 1. The summed E-state index contributed by atoms with van der Waals surface area (Å²) in [6.45, 7) is 0.281. The Balaban J connectivity index is 2.03. The van der Waals surface area contributed by atoms with Gasteiger partial charge in [0.25, 0.3) is 0 Å². The van der Waals surface area contributed by atoms with Gasteiger partial charge in [-0.25, -0.2) is 4.79 Å². The van der Waals surface area contributed by atoms with Crippen molar-refractivity contribution < 1.29 is 28.9 Å². The fourth-order valence-corrected chi connectivity index (χ4v) is 2.65. The maximum absolute atomic E-state index is 12.3. The molecule has 0 heterocycles. The first kappa shape index (κ1) is 22.6. The fourth-order valence-electron chi connectivity index (χ4n) is 2.56. The molecule has 0 spiro atoms. The Labute approximate surface area is 175 Å². The lowest BCUT2D eigenvalue weighted by atomic mass is 10.0. The van der Waals surface area contributed by atoms with Crippen LogP contribution in [0.25, 0.3) is 0 Å². The van der Waals surface area contributed by atoms with E-state index < -0.39 is 18.2 Å². The number of aliphatic hydroxyl groups is 1. The zero-order valence-corrected chi connectivity index (χ0v) is 16.8. The smallest absolute Gasteiger partial charge is 0.412 e. The molecule has 1 atom stereocenters. The van der Waals surface area contributed by atoms with E-state index in [2.05, 4.69) is 17.9 Å². The molecular formula is C21H25NO6S. The number of aliphatic hydroxyl groups excluding tert-OH is 1. The van der Waals surface area contributed by atoms with Gasteiger partial charge in [-0.3, -0.25) is 10.1 Å². The molecule has 2 aromatic rings. The van der Waals surface area contributed by atoms with E-state index in [-0.39, 0.29) is 25.6 Å². The number of amides is 1. The lowest BCUT2D eigenvalue weighted by Crippen LogP contribution is -2.18. The van der Waals surface area contributed by atoms with Gasteiger partial charge in [-0.2, -0.15) is 12.6 Å². The largest absolute Gasteiger partial charge is 0.491 e. The van der Waals surface area contributed by atoms with Gasteiger partial charge < -0.3 is 19.3 Å². The molecule has 156 valence electrons. The highest BCUT2D eigenvalue weighted by Gasteiger charge is 2.18. The van der Waals surface area contributed by atoms with Gasteiger partial charge in [0.1, 0.15) is 18.5 Å². The number of nitrogens with one attached hydrogen (secondary N) is 1. The van der Waals surface area contributed by atoms with Crippen LogP contribution in [0.3, 0.4) is 0 Å². The number of rotatable bonds is 11. The van der Waals surface area contributed by atoms with Gasteiger partial charge in [0.2, 0.25) is 0 Å². The number of thiol groups is 1. The summed E-state index contributed by atoms with van der Waals surface area (Å²) in [7, 11) is 0. The third kappa shape index (κ3) is 8.45. The molecule has 0 aliphatic carbocycles. The molecule has 0 radical (unpaired) electrons. The second-order valence-electron chi connectivity index (χ2n) is 6.05. The van der Waals surface area contributed by atoms with Crippen molar-refractivity contribution in [3.05, 3.63) is 60.2 Å². The molecule has 0 bridgehead atoms. The summed E-state index contributed by atoms with van der Waals surface area (Å²) in [5.41, 5.74) is 1.36. The summed E-state index contributed by atoms with van der Waals surface area (Å²) in [5.74, 6) is 0.186. The van der Waals surface area contributed by atoms with Crippen LogP contribution in [0.2, 0.25) is 0 Å². The van der Waals surface area contributed by atoms with Gasteiger partial charge in [-0.1, -0.05) is 30.3 Å². The van der Waals surface area contributed by atoms with Crippen molar-refractivity contribution in [3.63, 3.8) is 0 Å². The predicted octanol–water partition coefficient (Wildman–Crippen LogP) is 3.60. The second kappa shape index (κ2) is 12.7. The minimum atomic E-state index is -0.588. The van der Waals surface area contributed by atoms with Crippen LogP contribution >= 0.6 is 12.6 Å². The molecule has 2 rings (SSSR count). The number of ether oxygens (including phenoxy) is 3. The fraction of sp³-hybridized carbons (Fsp3) is 0.333. The van der Waals surface area contributed by atoms with E-state index in [0.29, 0.717) is 24.3 Å². The lowest BCUT2D eigenvalue weighted by molar-refractivity contribution is -0.140. The summed E-state index contributed by atoms with van der Waals surface area (Å²) in [6, 6.07) is 16.1. The third-order valence-corrected chi connectivity index (χ3v) is 4.12. The van der Waals surface area contributed by atoms with E-state index in [1.165, 1.54) is 0 Å². The standard InChI is InChI=1S/C21H25NO6S/c23-11-13-26-18-9-4-6-16(14-18)19(10-5-12-27-20(24)15-29)28-21(25)22-17-7-2-1-3-8-17/h1-4,6-9,14,19,23,29H,5,10-13,15H2,(H,22,25)/t19-/m0/s1. The maximum atomic E-state index is 12.3. The predicted molar refractivity (Wildman–Crippen MR) is 112 cm³/mol. The normalized spacial score (nSPS) is 11.4. The summed E-state index contributed by atoms with van der Waals surface area (Å²) in [4.78, 5) is 23.6. The van der Waals surface area contributed by atoms with Crippen molar-refractivity contribution >= 4 is 30.4 Å². The van der Waals surface area contributed by atoms with Gasteiger partial charge >= 0.3 is 12.1 Å². The Kier molecular flexibility index (Phi) is 9.88.